The zero-order chi connectivity index (χ0) is 12.5. The predicted octanol–water partition coefficient (Wildman–Crippen LogP) is 0.424. The molecule has 2 rings (SSSR count). The van der Waals surface area contributed by atoms with E-state index >= 15 is 0 Å². The van der Waals surface area contributed by atoms with Crippen LogP contribution in [-0.4, -0.2) is 28.2 Å². The number of aliphatic imine (C=N–C) groups is 1. The molecule has 3 N–H and O–H groups in total. The summed E-state index contributed by atoms with van der Waals surface area (Å²) in [4.78, 5) is 4.12. The standard InChI is InChI=1S/C10H14N4O2S/c1-8-2-3-9(13-17(15)16)6-10(8)14(11)5-4-12-7-14/h2-3,6-7,13H,4-5,11H2,1H3. The van der Waals surface area contributed by atoms with Crippen molar-refractivity contribution in [3.8, 4) is 0 Å². The minimum absolute atomic E-state index is 0.118. The largest absolute Gasteiger partial charge is 0.755 e. The normalized spacial score (nSPS) is 24.9. The molecule has 0 fully saturated rings. The van der Waals surface area contributed by atoms with Gasteiger partial charge in [0.2, 0.25) is 6.34 Å². The van der Waals surface area contributed by atoms with Gasteiger partial charge in [0.15, 0.2) is 5.69 Å². The van der Waals surface area contributed by atoms with E-state index in [0.29, 0.717) is 18.8 Å². The van der Waals surface area contributed by atoms with Crippen LogP contribution in [-0.2, 0) is 11.3 Å². The SMILES string of the molecule is Cc1ccc(NS(=O)[O-])cc1[N+]1(N)C=NCC1. The molecule has 1 aliphatic rings. The van der Waals surface area contributed by atoms with E-state index in [1.807, 2.05) is 13.0 Å². The van der Waals surface area contributed by atoms with E-state index in [0.717, 1.165) is 11.3 Å². The first-order chi connectivity index (χ1) is 8.01. The summed E-state index contributed by atoms with van der Waals surface area (Å²) < 4.78 is 23.6. The Labute approximate surface area is 102 Å². The highest BCUT2D eigenvalue weighted by Crippen LogP contribution is 2.27. The monoisotopic (exact) mass is 254 g/mol. The van der Waals surface area contributed by atoms with Gasteiger partial charge in [-0.25, -0.2) is 4.99 Å². The Morgan fingerprint density at radius 1 is 1.59 bits per heavy atom. The number of nitrogens with two attached hydrogens (primary N) is 1. The van der Waals surface area contributed by atoms with Crippen molar-refractivity contribution in [1.82, 2.24) is 4.59 Å². The van der Waals surface area contributed by atoms with Gasteiger partial charge in [-0.3, -0.25) is 4.21 Å². The van der Waals surface area contributed by atoms with Gasteiger partial charge in [-0.15, -0.1) is 0 Å². The van der Waals surface area contributed by atoms with Crippen LogP contribution >= 0.6 is 0 Å². The van der Waals surface area contributed by atoms with Crippen LogP contribution in [0, 0.1) is 6.92 Å². The number of hydrogen-bond donors (Lipinski definition) is 2. The van der Waals surface area contributed by atoms with Gasteiger partial charge in [-0.2, -0.15) is 10.4 Å². The predicted molar refractivity (Wildman–Crippen MR) is 67.9 cm³/mol. The Bertz CT molecular complexity index is 491. The van der Waals surface area contributed by atoms with E-state index in [1.165, 1.54) is 0 Å². The van der Waals surface area contributed by atoms with Crippen molar-refractivity contribution in [2.24, 2.45) is 10.8 Å². The molecule has 0 saturated carbocycles. The number of rotatable bonds is 3. The van der Waals surface area contributed by atoms with Crippen LogP contribution in [0.15, 0.2) is 23.2 Å². The van der Waals surface area contributed by atoms with Gasteiger partial charge in [-0.05, 0) is 13.0 Å². The lowest BCUT2D eigenvalue weighted by molar-refractivity contribution is 0.477. The molecule has 0 bridgehead atoms. The topological polar surface area (TPSA) is 90.5 Å². The molecule has 7 heteroatoms. The first-order valence-electron chi connectivity index (χ1n) is 5.16. The second-order valence-electron chi connectivity index (χ2n) is 4.01. The van der Waals surface area contributed by atoms with Gasteiger partial charge in [0.05, 0.1) is 12.2 Å². The highest BCUT2D eigenvalue weighted by Gasteiger charge is 2.30. The molecule has 2 unspecified atom stereocenters. The lowest BCUT2D eigenvalue weighted by Crippen LogP contribution is -2.53. The van der Waals surface area contributed by atoms with Crippen molar-refractivity contribution < 1.29 is 8.76 Å². The summed E-state index contributed by atoms with van der Waals surface area (Å²) in [5, 5.41) is 0. The summed E-state index contributed by atoms with van der Waals surface area (Å²) in [6.07, 6.45) is 1.68. The van der Waals surface area contributed by atoms with E-state index in [-0.39, 0.29) is 4.59 Å². The molecule has 1 aliphatic heterocycles. The van der Waals surface area contributed by atoms with E-state index in [2.05, 4.69) is 9.71 Å². The Hall–Kier alpha value is -1.28. The fraction of sp³-hybridized carbons (Fsp3) is 0.300. The van der Waals surface area contributed by atoms with Crippen LogP contribution in [0.1, 0.15) is 5.56 Å². The zero-order valence-electron chi connectivity index (χ0n) is 9.42. The number of nitrogens with zero attached hydrogens (tertiary/aromatic N) is 2. The maximum Gasteiger partial charge on any atom is 0.210 e. The molecule has 0 spiro atoms. The molecule has 6 nitrogen and oxygen atoms in total. The van der Waals surface area contributed by atoms with Crippen molar-refractivity contribution in [1.29, 1.82) is 0 Å². The average molecular weight is 254 g/mol. The van der Waals surface area contributed by atoms with E-state index < -0.39 is 11.3 Å². The van der Waals surface area contributed by atoms with Crippen molar-refractivity contribution in [2.45, 2.75) is 6.92 Å². The molecule has 0 saturated heterocycles. The van der Waals surface area contributed by atoms with Crippen LogP contribution in [0.3, 0.4) is 0 Å². The van der Waals surface area contributed by atoms with Crippen LogP contribution in [0.2, 0.25) is 0 Å². The molecule has 1 heterocycles. The van der Waals surface area contributed by atoms with Crippen molar-refractivity contribution in [2.75, 3.05) is 17.8 Å². The van der Waals surface area contributed by atoms with Crippen LogP contribution in [0.5, 0.6) is 0 Å². The Morgan fingerprint density at radius 2 is 2.35 bits per heavy atom. The molecule has 92 valence electrons. The molecule has 0 radical (unpaired) electrons. The summed E-state index contributed by atoms with van der Waals surface area (Å²) in [7, 11) is 0. The van der Waals surface area contributed by atoms with Gasteiger partial charge in [0.25, 0.3) is 0 Å². The molecule has 17 heavy (non-hydrogen) atoms. The van der Waals surface area contributed by atoms with E-state index in [1.54, 1.807) is 18.5 Å². The van der Waals surface area contributed by atoms with Crippen molar-refractivity contribution >= 4 is 29.0 Å². The van der Waals surface area contributed by atoms with Crippen LogP contribution in [0.25, 0.3) is 0 Å². The fourth-order valence-electron chi connectivity index (χ4n) is 1.88. The maximum atomic E-state index is 10.6. The third-order valence-corrected chi connectivity index (χ3v) is 3.15. The summed E-state index contributed by atoms with van der Waals surface area (Å²) in [6, 6.07) is 5.28. The molecule has 1 aromatic rings. The molecular formula is C10H14N4O2S. The first-order valence-corrected chi connectivity index (χ1v) is 6.23. The quantitative estimate of drug-likeness (QED) is 0.465. The number of benzene rings is 1. The molecule has 1 aromatic carbocycles. The van der Waals surface area contributed by atoms with Crippen LogP contribution in [0.4, 0.5) is 11.4 Å². The van der Waals surface area contributed by atoms with Crippen molar-refractivity contribution in [3.63, 3.8) is 0 Å². The smallest absolute Gasteiger partial charge is 0.210 e. The number of quaternary nitrogens is 1. The molecule has 0 amide bonds. The average Bonchev–Trinajstić information content (AvgIpc) is 2.68. The molecule has 2 atom stereocenters. The van der Waals surface area contributed by atoms with E-state index in [4.69, 9.17) is 5.84 Å². The third kappa shape index (κ3) is 2.52. The lowest BCUT2D eigenvalue weighted by atomic mass is 10.1. The Balaban J connectivity index is 2.39. The van der Waals surface area contributed by atoms with Crippen LogP contribution < -0.4 is 15.2 Å². The second kappa shape index (κ2) is 4.53. The van der Waals surface area contributed by atoms with Gasteiger partial charge < -0.3 is 9.27 Å². The third-order valence-electron chi connectivity index (χ3n) is 2.75. The van der Waals surface area contributed by atoms with E-state index in [9.17, 15) is 8.76 Å². The molecule has 0 aromatic heterocycles. The van der Waals surface area contributed by atoms with Gasteiger partial charge >= 0.3 is 0 Å². The number of aryl methyl sites for hydroxylation is 1. The zero-order valence-corrected chi connectivity index (χ0v) is 10.2. The lowest BCUT2D eigenvalue weighted by Gasteiger charge is -2.25. The van der Waals surface area contributed by atoms with Gasteiger partial charge in [-0.1, -0.05) is 6.07 Å². The maximum absolute atomic E-state index is 10.6. The number of hydrogen-bond acceptors (Lipinski definition) is 4. The summed E-state index contributed by atoms with van der Waals surface area (Å²) in [6.45, 7) is 3.30. The fourth-order valence-corrected chi connectivity index (χ4v) is 2.20. The summed E-state index contributed by atoms with van der Waals surface area (Å²) in [5.74, 6) is 6.19. The first kappa shape index (κ1) is 12.2. The second-order valence-corrected chi connectivity index (χ2v) is 4.69. The Kier molecular flexibility index (Phi) is 3.25. The summed E-state index contributed by atoms with van der Waals surface area (Å²) >= 11 is -2.33. The Morgan fingerprint density at radius 3 is 2.94 bits per heavy atom. The molecular weight excluding hydrogens is 240 g/mol. The molecule has 0 aliphatic carbocycles. The number of nitrogens with one attached hydrogen (secondary N) is 1. The van der Waals surface area contributed by atoms with Crippen molar-refractivity contribution in [3.05, 3.63) is 23.8 Å². The van der Waals surface area contributed by atoms with Gasteiger partial charge in [0, 0.05) is 22.9 Å². The summed E-state index contributed by atoms with van der Waals surface area (Å²) in [5.41, 5.74) is 2.35. The minimum atomic E-state index is -2.33. The highest BCUT2D eigenvalue weighted by atomic mass is 32.2. The van der Waals surface area contributed by atoms with Gasteiger partial charge in [0.1, 0.15) is 6.54 Å². The number of anilines is 1. The minimum Gasteiger partial charge on any atom is -0.755 e. The highest BCUT2D eigenvalue weighted by molar-refractivity contribution is 7.80.